The lowest BCUT2D eigenvalue weighted by Crippen LogP contribution is -2.45. The highest BCUT2D eigenvalue weighted by Gasteiger charge is 2.34. The van der Waals surface area contributed by atoms with Gasteiger partial charge in [0, 0.05) is 5.56 Å². The van der Waals surface area contributed by atoms with Gasteiger partial charge >= 0.3 is 12.0 Å². The Labute approximate surface area is 208 Å². The molecule has 0 saturated heterocycles. The SMILES string of the molecule is CCOC(=O)C1=C(c2ccccc2)NC(=O)NC1c1ccc(OCc2ccccc2F)c(OCC)c1. The molecule has 186 valence electrons. The molecule has 1 heterocycles. The largest absolute Gasteiger partial charge is 0.490 e. The van der Waals surface area contributed by atoms with Crippen LogP contribution in [0.15, 0.2) is 78.4 Å². The van der Waals surface area contributed by atoms with Gasteiger partial charge in [0.05, 0.1) is 30.5 Å². The van der Waals surface area contributed by atoms with E-state index in [0.717, 1.165) is 0 Å². The molecule has 4 rings (SSSR count). The topological polar surface area (TPSA) is 85.9 Å². The van der Waals surface area contributed by atoms with Crippen molar-refractivity contribution < 1.29 is 28.2 Å². The predicted molar refractivity (Wildman–Crippen MR) is 133 cm³/mol. The fourth-order valence-electron chi connectivity index (χ4n) is 3.94. The third-order valence-electron chi connectivity index (χ3n) is 5.57. The Kier molecular flexibility index (Phi) is 7.85. The van der Waals surface area contributed by atoms with E-state index < -0.39 is 18.0 Å². The summed E-state index contributed by atoms with van der Waals surface area (Å²) in [5.41, 5.74) is 2.33. The molecule has 0 bridgehead atoms. The third kappa shape index (κ3) is 5.49. The van der Waals surface area contributed by atoms with Gasteiger partial charge in [-0.05, 0) is 43.2 Å². The Morgan fingerprint density at radius 2 is 1.67 bits per heavy atom. The lowest BCUT2D eigenvalue weighted by atomic mass is 9.92. The zero-order valence-corrected chi connectivity index (χ0v) is 20.0. The Bertz CT molecular complexity index is 1280. The van der Waals surface area contributed by atoms with E-state index in [4.69, 9.17) is 14.2 Å². The van der Waals surface area contributed by atoms with Crippen molar-refractivity contribution in [3.8, 4) is 11.5 Å². The van der Waals surface area contributed by atoms with Crippen LogP contribution < -0.4 is 20.1 Å². The first kappa shape index (κ1) is 24.8. The maximum absolute atomic E-state index is 14.0. The molecule has 0 saturated carbocycles. The van der Waals surface area contributed by atoms with Crippen LogP contribution in [0.25, 0.3) is 5.70 Å². The van der Waals surface area contributed by atoms with E-state index in [-0.39, 0.29) is 24.6 Å². The van der Waals surface area contributed by atoms with Crippen LogP contribution in [-0.2, 0) is 16.1 Å². The average molecular weight is 491 g/mol. The molecule has 1 atom stereocenters. The van der Waals surface area contributed by atoms with Crippen molar-refractivity contribution in [3.05, 3.63) is 101 Å². The highest BCUT2D eigenvalue weighted by Crippen LogP contribution is 2.37. The van der Waals surface area contributed by atoms with Gasteiger partial charge in [-0.3, -0.25) is 0 Å². The summed E-state index contributed by atoms with van der Waals surface area (Å²) < 4.78 is 31.0. The molecule has 0 aromatic heterocycles. The van der Waals surface area contributed by atoms with Gasteiger partial charge in [0.15, 0.2) is 11.5 Å². The molecule has 2 amide bonds. The van der Waals surface area contributed by atoms with E-state index in [2.05, 4.69) is 10.6 Å². The van der Waals surface area contributed by atoms with Gasteiger partial charge in [-0.1, -0.05) is 54.6 Å². The van der Waals surface area contributed by atoms with Crippen LogP contribution in [0.2, 0.25) is 0 Å². The molecular weight excluding hydrogens is 463 g/mol. The number of carbonyl (C=O) groups excluding carboxylic acids is 2. The zero-order chi connectivity index (χ0) is 25.5. The number of halogens is 1. The second kappa shape index (κ2) is 11.4. The number of urea groups is 1. The number of ether oxygens (including phenoxy) is 3. The predicted octanol–water partition coefficient (Wildman–Crippen LogP) is 5.13. The number of esters is 1. The fourth-order valence-corrected chi connectivity index (χ4v) is 3.94. The molecule has 0 radical (unpaired) electrons. The molecule has 1 aliphatic rings. The quantitative estimate of drug-likeness (QED) is 0.406. The van der Waals surface area contributed by atoms with Gasteiger partial charge in [-0.2, -0.15) is 0 Å². The molecule has 0 spiro atoms. The van der Waals surface area contributed by atoms with E-state index in [0.29, 0.717) is 40.5 Å². The lowest BCUT2D eigenvalue weighted by molar-refractivity contribution is -0.138. The summed E-state index contributed by atoms with van der Waals surface area (Å²) in [7, 11) is 0. The number of rotatable bonds is 9. The minimum absolute atomic E-state index is 0.0162. The number of hydrogen-bond acceptors (Lipinski definition) is 5. The van der Waals surface area contributed by atoms with Crippen molar-refractivity contribution in [3.63, 3.8) is 0 Å². The van der Waals surface area contributed by atoms with Crippen LogP contribution in [0, 0.1) is 5.82 Å². The number of amides is 2. The summed E-state index contributed by atoms with van der Waals surface area (Å²) in [5.74, 6) is -0.0912. The highest BCUT2D eigenvalue weighted by atomic mass is 19.1. The smallest absolute Gasteiger partial charge is 0.338 e. The van der Waals surface area contributed by atoms with Crippen LogP contribution in [0.4, 0.5) is 9.18 Å². The fraction of sp³-hybridized carbons (Fsp3) is 0.214. The Balaban J connectivity index is 1.73. The number of nitrogens with one attached hydrogen (secondary N) is 2. The minimum Gasteiger partial charge on any atom is -0.490 e. The molecule has 36 heavy (non-hydrogen) atoms. The number of benzene rings is 3. The maximum atomic E-state index is 14.0. The second-order valence-electron chi connectivity index (χ2n) is 7.93. The van der Waals surface area contributed by atoms with E-state index in [1.54, 1.807) is 43.3 Å². The van der Waals surface area contributed by atoms with Crippen LogP contribution >= 0.6 is 0 Å². The molecule has 1 unspecified atom stereocenters. The Morgan fingerprint density at radius 3 is 2.39 bits per heavy atom. The minimum atomic E-state index is -0.798. The molecule has 7 nitrogen and oxygen atoms in total. The normalized spacial score (nSPS) is 15.1. The summed E-state index contributed by atoms with van der Waals surface area (Å²) >= 11 is 0. The summed E-state index contributed by atoms with van der Waals surface area (Å²) in [6, 6.07) is 19.4. The van der Waals surface area contributed by atoms with Gasteiger partial charge in [0.2, 0.25) is 0 Å². The first-order chi connectivity index (χ1) is 17.5. The third-order valence-corrected chi connectivity index (χ3v) is 5.57. The van der Waals surface area contributed by atoms with E-state index in [1.807, 2.05) is 37.3 Å². The summed E-state index contributed by atoms with van der Waals surface area (Å²) in [6.45, 7) is 4.10. The zero-order valence-electron chi connectivity index (χ0n) is 20.0. The van der Waals surface area contributed by atoms with Crippen molar-refractivity contribution in [2.24, 2.45) is 0 Å². The molecule has 8 heteroatoms. The number of carbonyl (C=O) groups is 2. The monoisotopic (exact) mass is 490 g/mol. The Morgan fingerprint density at radius 1 is 0.917 bits per heavy atom. The first-order valence-corrected chi connectivity index (χ1v) is 11.7. The van der Waals surface area contributed by atoms with Gasteiger partial charge in [0.25, 0.3) is 0 Å². The van der Waals surface area contributed by atoms with Crippen LogP contribution in [-0.4, -0.2) is 25.2 Å². The summed E-state index contributed by atoms with van der Waals surface area (Å²) in [6.07, 6.45) is 0. The van der Waals surface area contributed by atoms with Gasteiger partial charge < -0.3 is 24.8 Å². The Hall–Kier alpha value is -4.33. The van der Waals surface area contributed by atoms with Gasteiger partial charge in [-0.15, -0.1) is 0 Å². The maximum Gasteiger partial charge on any atom is 0.338 e. The molecule has 1 aliphatic heterocycles. The second-order valence-corrected chi connectivity index (χ2v) is 7.93. The van der Waals surface area contributed by atoms with Gasteiger partial charge in [0.1, 0.15) is 12.4 Å². The van der Waals surface area contributed by atoms with Crippen LogP contribution in [0.5, 0.6) is 11.5 Å². The van der Waals surface area contributed by atoms with Crippen LogP contribution in [0.1, 0.15) is 36.6 Å². The standard InChI is InChI=1S/C28H27FN2O5/c1-3-34-23-16-19(14-15-22(23)36-17-20-12-8-9-13-21(20)29)26-24(27(32)35-4-2)25(30-28(33)31-26)18-10-6-5-7-11-18/h5-16,26H,3-4,17H2,1-2H3,(H2,30,31,33). The molecular formula is C28H27FN2O5. The molecule has 0 fully saturated rings. The van der Waals surface area contributed by atoms with Crippen molar-refractivity contribution in [2.75, 3.05) is 13.2 Å². The molecule has 3 aromatic carbocycles. The van der Waals surface area contributed by atoms with Crippen molar-refractivity contribution in [2.45, 2.75) is 26.5 Å². The summed E-state index contributed by atoms with van der Waals surface area (Å²) in [5, 5.41) is 5.58. The van der Waals surface area contributed by atoms with Crippen molar-refractivity contribution >= 4 is 17.7 Å². The lowest BCUT2D eigenvalue weighted by Gasteiger charge is -2.30. The highest BCUT2D eigenvalue weighted by molar-refractivity contribution is 6.04. The van der Waals surface area contributed by atoms with Crippen LogP contribution in [0.3, 0.4) is 0 Å². The average Bonchev–Trinajstić information content (AvgIpc) is 2.89. The molecule has 2 N–H and O–H groups in total. The summed E-state index contributed by atoms with van der Waals surface area (Å²) in [4.78, 5) is 25.7. The van der Waals surface area contributed by atoms with Crippen molar-refractivity contribution in [1.29, 1.82) is 0 Å². The van der Waals surface area contributed by atoms with E-state index in [1.165, 1.54) is 6.07 Å². The van der Waals surface area contributed by atoms with E-state index >= 15 is 0 Å². The first-order valence-electron chi connectivity index (χ1n) is 11.7. The molecule has 0 aliphatic carbocycles. The van der Waals surface area contributed by atoms with Gasteiger partial charge in [-0.25, -0.2) is 14.0 Å². The van der Waals surface area contributed by atoms with Crippen molar-refractivity contribution in [1.82, 2.24) is 10.6 Å². The van der Waals surface area contributed by atoms with E-state index in [9.17, 15) is 14.0 Å². The number of hydrogen-bond donors (Lipinski definition) is 2. The molecule has 3 aromatic rings.